The number of benzene rings is 1. The molecule has 0 spiro atoms. The van der Waals surface area contributed by atoms with Gasteiger partial charge in [-0.3, -0.25) is 4.79 Å². The zero-order valence-electron chi connectivity index (χ0n) is 8.34. The molecule has 0 atom stereocenters. The topological polar surface area (TPSA) is 104 Å². The van der Waals surface area contributed by atoms with Crippen LogP contribution in [-0.2, 0) is 19.6 Å². The molecule has 86 valence electrons. The normalized spacial score (nSPS) is 10.9. The van der Waals surface area contributed by atoms with E-state index in [1.165, 1.54) is 25.1 Å². The van der Waals surface area contributed by atoms with Crippen molar-refractivity contribution in [2.45, 2.75) is 11.8 Å². The quantitative estimate of drug-likeness (QED) is 0.455. The molecule has 0 aliphatic carbocycles. The summed E-state index contributed by atoms with van der Waals surface area (Å²) >= 11 is 0. The number of primary sulfonamides is 1. The lowest BCUT2D eigenvalue weighted by molar-refractivity contribution is -0.123. The van der Waals surface area contributed by atoms with Crippen LogP contribution in [0.4, 0.5) is 0 Å². The van der Waals surface area contributed by atoms with Gasteiger partial charge in [0, 0.05) is 0 Å². The van der Waals surface area contributed by atoms with E-state index >= 15 is 0 Å². The minimum atomic E-state index is -3.80. The Morgan fingerprint density at radius 3 is 2.50 bits per heavy atom. The average molecular weight is 243 g/mol. The molecule has 1 aromatic carbocycles. The fraction of sp³-hybridized carbons (Fsp3) is 0.111. The third-order valence-electron chi connectivity index (χ3n) is 1.90. The van der Waals surface area contributed by atoms with E-state index in [0.29, 0.717) is 5.56 Å². The number of hydrogen-bond donors (Lipinski definition) is 1. The molecule has 0 aliphatic rings. The van der Waals surface area contributed by atoms with Gasteiger partial charge >= 0.3 is 12.4 Å². The monoisotopic (exact) mass is 243 g/mol. The molecule has 0 amide bonds. The van der Waals surface area contributed by atoms with E-state index in [0.717, 1.165) is 0 Å². The number of esters is 1. The van der Waals surface area contributed by atoms with Crippen molar-refractivity contribution in [3.05, 3.63) is 29.3 Å². The summed E-state index contributed by atoms with van der Waals surface area (Å²) in [6.07, 6.45) is 0. The number of nitrogens with two attached hydrogens (primary N) is 1. The minimum Gasteiger partial charge on any atom is -0.392 e. The van der Waals surface area contributed by atoms with E-state index in [2.05, 4.69) is 4.74 Å². The first-order valence-corrected chi connectivity index (χ1v) is 5.69. The highest BCUT2D eigenvalue weighted by atomic mass is 32.2. The molecule has 2 N–H and O–H groups in total. The number of hydrogen-bond acceptors (Lipinski definition) is 5. The van der Waals surface area contributed by atoms with Gasteiger partial charge in [0.1, 0.15) is 0 Å². The molecule has 1 rings (SSSR count). The SMILES string of the molecule is Cc1cc(S(N)(=O)=O)ccc1C(=O)OC=O. The summed E-state index contributed by atoms with van der Waals surface area (Å²) in [6, 6.07) is 3.64. The van der Waals surface area contributed by atoms with E-state index in [4.69, 9.17) is 5.14 Å². The fourth-order valence-electron chi connectivity index (χ4n) is 1.15. The van der Waals surface area contributed by atoms with Gasteiger partial charge in [-0.15, -0.1) is 0 Å². The standard InChI is InChI=1S/C9H9NO5S/c1-6-4-7(16(10,13)14)2-3-8(6)9(12)15-5-11/h2-5H,1H3,(H2,10,13,14). The fourth-order valence-corrected chi connectivity index (χ4v) is 1.75. The van der Waals surface area contributed by atoms with Gasteiger partial charge in [0.15, 0.2) is 0 Å². The summed E-state index contributed by atoms with van der Waals surface area (Å²) in [5, 5.41) is 4.91. The smallest absolute Gasteiger partial charge is 0.345 e. The molecule has 0 aromatic heterocycles. The second-order valence-corrected chi connectivity index (χ2v) is 4.58. The van der Waals surface area contributed by atoms with E-state index < -0.39 is 16.0 Å². The van der Waals surface area contributed by atoms with Crippen molar-refractivity contribution >= 4 is 22.5 Å². The Hall–Kier alpha value is -1.73. The number of ether oxygens (including phenoxy) is 1. The van der Waals surface area contributed by atoms with E-state index in [9.17, 15) is 18.0 Å². The first-order chi connectivity index (χ1) is 7.36. The Balaban J connectivity index is 3.20. The van der Waals surface area contributed by atoms with Crippen LogP contribution in [0.25, 0.3) is 0 Å². The second-order valence-electron chi connectivity index (χ2n) is 3.02. The largest absolute Gasteiger partial charge is 0.392 e. The van der Waals surface area contributed by atoms with Crippen LogP contribution in [-0.4, -0.2) is 20.9 Å². The highest BCUT2D eigenvalue weighted by Gasteiger charge is 2.14. The molecule has 0 saturated heterocycles. The molecule has 0 fully saturated rings. The third-order valence-corrected chi connectivity index (χ3v) is 2.81. The van der Waals surface area contributed by atoms with Crippen LogP contribution in [0.2, 0.25) is 0 Å². The van der Waals surface area contributed by atoms with Crippen LogP contribution in [0, 0.1) is 6.92 Å². The molecular formula is C9H9NO5S. The summed E-state index contributed by atoms with van der Waals surface area (Å²) in [6.45, 7) is 1.52. The molecule has 7 heteroatoms. The Kier molecular flexibility index (Phi) is 3.41. The van der Waals surface area contributed by atoms with Crippen LogP contribution < -0.4 is 5.14 Å². The van der Waals surface area contributed by atoms with Gasteiger partial charge in [-0.2, -0.15) is 0 Å². The van der Waals surface area contributed by atoms with Crippen molar-refractivity contribution in [3.8, 4) is 0 Å². The van der Waals surface area contributed by atoms with Gasteiger partial charge in [-0.1, -0.05) is 0 Å². The minimum absolute atomic E-state index is 0.00929. The lowest BCUT2D eigenvalue weighted by Crippen LogP contribution is -2.13. The first-order valence-electron chi connectivity index (χ1n) is 4.14. The Bertz CT molecular complexity index is 535. The highest BCUT2D eigenvalue weighted by molar-refractivity contribution is 7.89. The van der Waals surface area contributed by atoms with Crippen molar-refractivity contribution in [2.75, 3.05) is 0 Å². The second kappa shape index (κ2) is 4.42. The average Bonchev–Trinajstić information content (AvgIpc) is 2.16. The van der Waals surface area contributed by atoms with Gasteiger partial charge in [0.2, 0.25) is 10.0 Å². The molecule has 16 heavy (non-hydrogen) atoms. The zero-order chi connectivity index (χ0) is 12.3. The summed E-state index contributed by atoms with van der Waals surface area (Å²) < 4.78 is 26.1. The molecule has 1 aromatic rings. The van der Waals surface area contributed by atoms with Gasteiger partial charge in [0.25, 0.3) is 0 Å². The molecule has 6 nitrogen and oxygen atoms in total. The Labute approximate surface area is 92.1 Å². The van der Waals surface area contributed by atoms with Gasteiger partial charge < -0.3 is 4.74 Å². The van der Waals surface area contributed by atoms with Crippen molar-refractivity contribution in [1.82, 2.24) is 0 Å². The van der Waals surface area contributed by atoms with Crippen LogP contribution in [0.1, 0.15) is 15.9 Å². The van der Waals surface area contributed by atoms with Crippen molar-refractivity contribution in [3.63, 3.8) is 0 Å². The summed E-state index contributed by atoms with van der Waals surface area (Å²) in [4.78, 5) is 21.1. The number of carbonyl (C=O) groups excluding carboxylic acids is 2. The van der Waals surface area contributed by atoms with E-state index in [1.807, 2.05) is 0 Å². The van der Waals surface area contributed by atoms with Crippen molar-refractivity contribution < 1.29 is 22.7 Å². The predicted octanol–water partition coefficient (Wildman–Crippen LogP) is -0.0444. The highest BCUT2D eigenvalue weighted by Crippen LogP contribution is 2.14. The molecule has 0 radical (unpaired) electrons. The lowest BCUT2D eigenvalue weighted by Gasteiger charge is -2.04. The third kappa shape index (κ3) is 2.65. The number of rotatable bonds is 3. The lowest BCUT2D eigenvalue weighted by atomic mass is 10.1. The Morgan fingerprint density at radius 1 is 1.44 bits per heavy atom. The summed E-state index contributed by atoms with van der Waals surface area (Å²) in [5.41, 5.74) is 0.470. The van der Waals surface area contributed by atoms with Crippen LogP contribution in [0.15, 0.2) is 23.1 Å². The predicted molar refractivity (Wildman–Crippen MR) is 54.0 cm³/mol. The summed E-state index contributed by atoms with van der Waals surface area (Å²) in [7, 11) is -3.80. The molecule has 0 bridgehead atoms. The van der Waals surface area contributed by atoms with Gasteiger partial charge in [-0.25, -0.2) is 18.4 Å². The zero-order valence-corrected chi connectivity index (χ0v) is 9.15. The first kappa shape index (κ1) is 12.3. The maximum Gasteiger partial charge on any atom is 0.345 e. The summed E-state index contributed by atoms with van der Waals surface area (Å²) in [5.74, 6) is -0.839. The molecule has 0 saturated carbocycles. The maximum absolute atomic E-state index is 11.2. The number of carbonyl (C=O) groups is 2. The molecule has 0 heterocycles. The van der Waals surface area contributed by atoms with Gasteiger partial charge in [-0.05, 0) is 30.7 Å². The number of sulfonamides is 1. The number of aryl methyl sites for hydroxylation is 1. The van der Waals surface area contributed by atoms with E-state index in [1.54, 1.807) is 0 Å². The van der Waals surface area contributed by atoms with Crippen molar-refractivity contribution in [2.24, 2.45) is 5.14 Å². The molecule has 0 unspecified atom stereocenters. The molecular weight excluding hydrogens is 234 g/mol. The van der Waals surface area contributed by atoms with Crippen LogP contribution in [0.3, 0.4) is 0 Å². The van der Waals surface area contributed by atoms with Crippen LogP contribution in [0.5, 0.6) is 0 Å². The Morgan fingerprint density at radius 2 is 2.06 bits per heavy atom. The van der Waals surface area contributed by atoms with Gasteiger partial charge in [0.05, 0.1) is 10.5 Å². The maximum atomic E-state index is 11.2. The molecule has 0 aliphatic heterocycles. The van der Waals surface area contributed by atoms with Crippen molar-refractivity contribution in [1.29, 1.82) is 0 Å². The van der Waals surface area contributed by atoms with E-state index in [-0.39, 0.29) is 16.9 Å². The van der Waals surface area contributed by atoms with Crippen LogP contribution >= 0.6 is 0 Å².